The SMILES string of the molecule is Fc1ccccc1SCCN1CCN(Cc2cn3ccccc3n2)CC1. The molecule has 26 heavy (non-hydrogen) atoms. The third-order valence-electron chi connectivity index (χ3n) is 4.77. The molecule has 4 nitrogen and oxygen atoms in total. The van der Waals surface area contributed by atoms with E-state index in [-0.39, 0.29) is 5.82 Å². The highest BCUT2D eigenvalue weighted by atomic mass is 32.2. The van der Waals surface area contributed by atoms with Crippen molar-refractivity contribution in [2.75, 3.05) is 38.5 Å². The van der Waals surface area contributed by atoms with Gasteiger partial charge in [0.15, 0.2) is 0 Å². The molecular weight excluding hydrogens is 347 g/mol. The molecule has 0 saturated carbocycles. The second kappa shape index (κ2) is 8.20. The van der Waals surface area contributed by atoms with Crippen LogP contribution in [-0.4, -0.2) is 57.7 Å². The zero-order valence-electron chi connectivity index (χ0n) is 14.7. The van der Waals surface area contributed by atoms with Gasteiger partial charge in [-0.25, -0.2) is 9.37 Å². The lowest BCUT2D eigenvalue weighted by Gasteiger charge is -2.34. The number of pyridine rings is 1. The number of imidazole rings is 1. The topological polar surface area (TPSA) is 23.8 Å². The summed E-state index contributed by atoms with van der Waals surface area (Å²) in [6, 6.07) is 13.1. The van der Waals surface area contributed by atoms with Crippen LogP contribution in [0.1, 0.15) is 5.69 Å². The van der Waals surface area contributed by atoms with E-state index in [4.69, 9.17) is 0 Å². The summed E-state index contributed by atoms with van der Waals surface area (Å²) in [7, 11) is 0. The van der Waals surface area contributed by atoms with Gasteiger partial charge in [-0.2, -0.15) is 0 Å². The molecule has 1 aromatic carbocycles. The van der Waals surface area contributed by atoms with Crippen LogP contribution >= 0.6 is 11.8 Å². The van der Waals surface area contributed by atoms with E-state index in [1.807, 2.05) is 36.5 Å². The molecule has 6 heteroatoms. The first kappa shape index (κ1) is 17.5. The largest absolute Gasteiger partial charge is 0.307 e. The number of aromatic nitrogens is 2. The zero-order valence-corrected chi connectivity index (χ0v) is 15.5. The molecule has 0 amide bonds. The molecule has 2 aromatic heterocycles. The Bertz CT molecular complexity index is 825. The Kier molecular flexibility index (Phi) is 5.53. The average molecular weight is 370 g/mol. The van der Waals surface area contributed by atoms with E-state index in [2.05, 4.69) is 25.4 Å². The second-order valence-corrected chi connectivity index (χ2v) is 7.73. The third-order valence-corrected chi connectivity index (χ3v) is 5.79. The van der Waals surface area contributed by atoms with Gasteiger partial charge in [0.2, 0.25) is 0 Å². The number of rotatable bonds is 6. The first-order valence-electron chi connectivity index (χ1n) is 9.02. The van der Waals surface area contributed by atoms with Crippen molar-refractivity contribution < 1.29 is 4.39 Å². The number of hydrogen-bond donors (Lipinski definition) is 0. The Morgan fingerprint density at radius 2 is 1.73 bits per heavy atom. The molecule has 1 saturated heterocycles. The maximum atomic E-state index is 13.6. The molecule has 1 aliphatic rings. The van der Waals surface area contributed by atoms with Crippen molar-refractivity contribution in [3.8, 4) is 0 Å². The number of piperazine rings is 1. The van der Waals surface area contributed by atoms with Crippen LogP contribution < -0.4 is 0 Å². The molecule has 0 N–H and O–H groups in total. The van der Waals surface area contributed by atoms with E-state index < -0.39 is 0 Å². The molecule has 136 valence electrons. The summed E-state index contributed by atoms with van der Waals surface area (Å²) in [6.07, 6.45) is 4.16. The smallest absolute Gasteiger partial charge is 0.137 e. The van der Waals surface area contributed by atoms with Crippen LogP contribution in [-0.2, 0) is 6.54 Å². The Hall–Kier alpha value is -1.89. The van der Waals surface area contributed by atoms with Gasteiger partial charge in [0, 0.05) is 62.3 Å². The van der Waals surface area contributed by atoms with E-state index in [1.54, 1.807) is 17.8 Å². The molecule has 3 heterocycles. The molecule has 4 rings (SSSR count). The Balaban J connectivity index is 1.22. The number of benzene rings is 1. The Labute approximate surface area is 157 Å². The number of thioether (sulfide) groups is 1. The quantitative estimate of drug-likeness (QED) is 0.621. The third kappa shape index (κ3) is 4.26. The van der Waals surface area contributed by atoms with Crippen molar-refractivity contribution in [1.29, 1.82) is 0 Å². The molecule has 0 atom stereocenters. The van der Waals surface area contributed by atoms with Gasteiger partial charge in [0.05, 0.1) is 5.69 Å². The first-order chi connectivity index (χ1) is 12.8. The van der Waals surface area contributed by atoms with Crippen LogP contribution in [0.2, 0.25) is 0 Å². The zero-order chi connectivity index (χ0) is 17.8. The average Bonchev–Trinajstić information content (AvgIpc) is 3.07. The summed E-state index contributed by atoms with van der Waals surface area (Å²) < 4.78 is 15.7. The van der Waals surface area contributed by atoms with Gasteiger partial charge in [-0.05, 0) is 24.3 Å². The van der Waals surface area contributed by atoms with Gasteiger partial charge in [-0.3, -0.25) is 9.80 Å². The predicted octanol–water partition coefficient (Wildman–Crippen LogP) is 3.38. The number of halogens is 1. The fraction of sp³-hybridized carbons (Fsp3) is 0.350. The van der Waals surface area contributed by atoms with Gasteiger partial charge in [-0.1, -0.05) is 18.2 Å². The molecule has 0 unspecified atom stereocenters. The lowest BCUT2D eigenvalue weighted by molar-refractivity contribution is 0.132. The predicted molar refractivity (Wildman–Crippen MR) is 104 cm³/mol. The highest BCUT2D eigenvalue weighted by Crippen LogP contribution is 2.21. The summed E-state index contributed by atoms with van der Waals surface area (Å²) in [4.78, 5) is 10.4. The van der Waals surface area contributed by atoms with Crippen LogP contribution in [0.4, 0.5) is 4.39 Å². The van der Waals surface area contributed by atoms with E-state index in [0.717, 1.165) is 61.3 Å². The van der Waals surface area contributed by atoms with Crippen molar-refractivity contribution in [3.63, 3.8) is 0 Å². The van der Waals surface area contributed by atoms with Crippen LogP contribution in [0.25, 0.3) is 5.65 Å². The molecule has 1 aliphatic heterocycles. The number of nitrogens with zero attached hydrogens (tertiary/aromatic N) is 4. The van der Waals surface area contributed by atoms with Crippen molar-refractivity contribution in [3.05, 3.63) is 66.4 Å². The monoisotopic (exact) mass is 370 g/mol. The van der Waals surface area contributed by atoms with Crippen LogP contribution in [0, 0.1) is 5.82 Å². The lowest BCUT2D eigenvalue weighted by Crippen LogP contribution is -2.46. The number of hydrogen-bond acceptors (Lipinski definition) is 4. The van der Waals surface area contributed by atoms with Crippen LogP contribution in [0.5, 0.6) is 0 Å². The van der Waals surface area contributed by atoms with Crippen LogP contribution in [0.3, 0.4) is 0 Å². The summed E-state index contributed by atoms with van der Waals surface area (Å²) in [5.74, 6) is 0.808. The Morgan fingerprint density at radius 1 is 0.962 bits per heavy atom. The summed E-state index contributed by atoms with van der Waals surface area (Å²) in [5.41, 5.74) is 2.13. The summed E-state index contributed by atoms with van der Waals surface area (Å²) >= 11 is 1.60. The standard InChI is InChI=1S/C20H23FN4S/c21-18-5-1-2-6-19(18)26-14-13-23-9-11-24(12-10-23)15-17-16-25-8-4-3-7-20(25)22-17/h1-8,16H,9-15H2. The Morgan fingerprint density at radius 3 is 2.54 bits per heavy atom. The first-order valence-corrected chi connectivity index (χ1v) is 10.0. The maximum Gasteiger partial charge on any atom is 0.137 e. The van der Waals surface area contributed by atoms with Gasteiger partial charge >= 0.3 is 0 Å². The van der Waals surface area contributed by atoms with E-state index in [0.29, 0.717) is 0 Å². The highest BCUT2D eigenvalue weighted by Gasteiger charge is 2.17. The van der Waals surface area contributed by atoms with Gasteiger partial charge in [0.25, 0.3) is 0 Å². The van der Waals surface area contributed by atoms with Gasteiger partial charge < -0.3 is 4.40 Å². The molecule has 0 spiro atoms. The summed E-state index contributed by atoms with van der Waals surface area (Å²) in [6.45, 7) is 6.13. The summed E-state index contributed by atoms with van der Waals surface area (Å²) in [5, 5.41) is 0. The van der Waals surface area contributed by atoms with Gasteiger partial charge in [0.1, 0.15) is 11.5 Å². The molecular formula is C20H23FN4S. The van der Waals surface area contributed by atoms with E-state index >= 15 is 0 Å². The number of fused-ring (bicyclic) bond motifs is 1. The minimum Gasteiger partial charge on any atom is -0.307 e. The van der Waals surface area contributed by atoms with E-state index in [9.17, 15) is 4.39 Å². The van der Waals surface area contributed by atoms with E-state index in [1.165, 1.54) is 6.07 Å². The maximum absolute atomic E-state index is 13.6. The molecule has 0 aliphatic carbocycles. The minimum atomic E-state index is -0.116. The molecule has 1 fully saturated rings. The minimum absolute atomic E-state index is 0.116. The molecule has 0 radical (unpaired) electrons. The van der Waals surface area contributed by atoms with Crippen molar-refractivity contribution in [2.24, 2.45) is 0 Å². The molecule has 3 aromatic rings. The highest BCUT2D eigenvalue weighted by molar-refractivity contribution is 7.99. The fourth-order valence-electron chi connectivity index (χ4n) is 3.31. The van der Waals surface area contributed by atoms with Crippen molar-refractivity contribution in [2.45, 2.75) is 11.4 Å². The second-order valence-electron chi connectivity index (χ2n) is 6.60. The fourth-order valence-corrected chi connectivity index (χ4v) is 4.26. The lowest BCUT2D eigenvalue weighted by atomic mass is 10.3. The van der Waals surface area contributed by atoms with Crippen molar-refractivity contribution in [1.82, 2.24) is 19.2 Å². The normalized spacial score (nSPS) is 16.3. The molecule has 0 bridgehead atoms. The van der Waals surface area contributed by atoms with Crippen molar-refractivity contribution >= 4 is 17.4 Å². The van der Waals surface area contributed by atoms with Gasteiger partial charge in [-0.15, -0.1) is 11.8 Å². The van der Waals surface area contributed by atoms with Crippen LogP contribution in [0.15, 0.2) is 59.8 Å².